The predicted molar refractivity (Wildman–Crippen MR) is 223 cm³/mol. The molecule has 0 aliphatic heterocycles. The van der Waals surface area contributed by atoms with Gasteiger partial charge in [0.05, 0.1) is 26.4 Å². The van der Waals surface area contributed by atoms with Crippen LogP contribution in [0.1, 0.15) is 168 Å². The summed E-state index contributed by atoms with van der Waals surface area (Å²) >= 11 is 0. The Morgan fingerprint density at radius 2 is 1.06 bits per heavy atom. The Hall–Kier alpha value is -1.84. The quantitative estimate of drug-likeness (QED) is 0.0240. The van der Waals surface area contributed by atoms with Crippen LogP contribution in [0.2, 0.25) is 0 Å². The number of rotatable bonds is 40. The van der Waals surface area contributed by atoms with Gasteiger partial charge in [-0.1, -0.05) is 145 Å². The molecule has 0 heterocycles. The molecule has 0 saturated carbocycles. The minimum absolute atomic E-state index is 0.0310. The first-order chi connectivity index (χ1) is 26.3. The summed E-state index contributed by atoms with van der Waals surface area (Å²) in [4.78, 5) is 22.6. The second kappa shape index (κ2) is 40.8. The van der Waals surface area contributed by atoms with Crippen LogP contribution in [0.15, 0.2) is 60.8 Å². The Bertz CT molecular complexity index is 1020. The van der Waals surface area contributed by atoms with Crippen molar-refractivity contribution >= 4 is 13.8 Å². The number of hydrogen-bond acceptors (Lipinski definition) is 8. The lowest BCUT2D eigenvalue weighted by Gasteiger charge is -2.20. The van der Waals surface area contributed by atoms with E-state index in [2.05, 4.69) is 74.6 Å². The first kappa shape index (κ1) is 52.2. The summed E-state index contributed by atoms with van der Waals surface area (Å²) in [6, 6.07) is 0. The Balaban J connectivity index is 4.24. The fraction of sp³-hybridized carbons (Fsp3) is 0.750. The van der Waals surface area contributed by atoms with Crippen LogP contribution in [0.25, 0.3) is 0 Å². The van der Waals surface area contributed by atoms with E-state index in [1.54, 1.807) is 0 Å². The summed E-state index contributed by atoms with van der Waals surface area (Å²) in [5.41, 5.74) is 0. The lowest BCUT2D eigenvalue weighted by atomic mass is 10.1. The molecule has 0 fully saturated rings. The first-order valence-corrected chi connectivity index (χ1v) is 22.8. The number of unbranched alkanes of at least 4 members (excludes halogenated alkanes) is 16. The molecule has 3 atom stereocenters. The summed E-state index contributed by atoms with van der Waals surface area (Å²) in [7, 11) is -4.53. The Kier molecular flexibility index (Phi) is 39.4. The molecule has 0 aliphatic carbocycles. The monoisotopic (exact) mass is 783 g/mol. The second-order valence-electron chi connectivity index (χ2n) is 14.0. The molecule has 0 aromatic carbocycles. The number of phosphoric ester groups is 1. The van der Waals surface area contributed by atoms with E-state index in [0.29, 0.717) is 13.0 Å². The van der Waals surface area contributed by atoms with E-state index in [-0.39, 0.29) is 13.0 Å². The molecular formula is C44H79O9P. The fourth-order valence-corrected chi connectivity index (χ4v) is 6.25. The minimum atomic E-state index is -4.53. The zero-order chi connectivity index (χ0) is 39.6. The van der Waals surface area contributed by atoms with Crippen LogP contribution in [0.4, 0.5) is 0 Å². The average molecular weight is 783 g/mol. The molecule has 0 spiro atoms. The van der Waals surface area contributed by atoms with Crippen LogP contribution in [0, 0.1) is 0 Å². The third kappa shape index (κ3) is 39.8. The van der Waals surface area contributed by atoms with Gasteiger partial charge in [0.2, 0.25) is 0 Å². The van der Waals surface area contributed by atoms with E-state index in [1.807, 2.05) is 0 Å². The summed E-state index contributed by atoms with van der Waals surface area (Å²) in [6.45, 7) is 3.33. The standard InChI is InChI=1S/C44H79O9P/c1-3-5-7-9-11-13-15-17-19-20-21-23-25-27-29-31-33-35-37-50-40-43(41-52-54(48,49)51-39-42(46)38-45)53-44(47)36-34-32-30-28-26-24-22-18-16-14-12-10-8-6-4-2/h5,7,11,13,17-19,21-23,42-43,45-46H,3-4,6,8-10,12,14-16,20,24-41H2,1-2H3,(H,48,49)/b7-5-,13-11-,19-17-,22-18-,23-21-. The lowest BCUT2D eigenvalue weighted by molar-refractivity contribution is -0.154. The molecule has 54 heavy (non-hydrogen) atoms. The van der Waals surface area contributed by atoms with Gasteiger partial charge in [0, 0.05) is 13.0 Å². The summed E-state index contributed by atoms with van der Waals surface area (Å²) in [5.74, 6) is -0.400. The van der Waals surface area contributed by atoms with Gasteiger partial charge >= 0.3 is 13.8 Å². The molecule has 0 aromatic heterocycles. The molecule has 0 radical (unpaired) electrons. The van der Waals surface area contributed by atoms with Gasteiger partial charge in [-0.3, -0.25) is 13.8 Å². The van der Waals surface area contributed by atoms with Crippen molar-refractivity contribution in [3.05, 3.63) is 60.8 Å². The molecule has 314 valence electrons. The number of carbonyl (C=O) groups excluding carboxylic acids is 1. The molecule has 0 saturated heterocycles. The highest BCUT2D eigenvalue weighted by Crippen LogP contribution is 2.43. The minimum Gasteiger partial charge on any atom is -0.457 e. The van der Waals surface area contributed by atoms with Crippen LogP contribution >= 0.6 is 7.82 Å². The van der Waals surface area contributed by atoms with Crippen molar-refractivity contribution in [3.8, 4) is 0 Å². The normalized spacial score (nSPS) is 14.7. The molecule has 0 aromatic rings. The zero-order valence-electron chi connectivity index (χ0n) is 34.2. The number of allylic oxidation sites excluding steroid dienone is 10. The van der Waals surface area contributed by atoms with Gasteiger partial charge in [-0.15, -0.1) is 0 Å². The number of aliphatic hydroxyl groups is 2. The number of esters is 1. The van der Waals surface area contributed by atoms with Crippen molar-refractivity contribution in [2.75, 3.05) is 33.0 Å². The van der Waals surface area contributed by atoms with Crippen LogP contribution in [0.5, 0.6) is 0 Å². The van der Waals surface area contributed by atoms with Crippen LogP contribution < -0.4 is 0 Å². The van der Waals surface area contributed by atoms with Gasteiger partial charge in [-0.2, -0.15) is 0 Å². The number of carbonyl (C=O) groups is 1. The topological polar surface area (TPSA) is 132 Å². The smallest absolute Gasteiger partial charge is 0.457 e. The third-order valence-electron chi connectivity index (χ3n) is 8.69. The van der Waals surface area contributed by atoms with E-state index < -0.39 is 45.8 Å². The molecule has 9 nitrogen and oxygen atoms in total. The first-order valence-electron chi connectivity index (χ1n) is 21.3. The van der Waals surface area contributed by atoms with Gasteiger partial charge in [-0.05, 0) is 77.0 Å². The van der Waals surface area contributed by atoms with Crippen molar-refractivity contribution in [2.24, 2.45) is 0 Å². The SMILES string of the molecule is CC/C=C\C/C=C\C/C=C\C/C=C\CCCCCCCOCC(COP(=O)(O)OCC(O)CO)OC(=O)CCCCCCC/C=C\CCCCCCCC. The van der Waals surface area contributed by atoms with Crippen molar-refractivity contribution in [1.82, 2.24) is 0 Å². The highest BCUT2D eigenvalue weighted by Gasteiger charge is 2.26. The van der Waals surface area contributed by atoms with E-state index in [4.69, 9.17) is 23.6 Å². The molecule has 0 amide bonds. The zero-order valence-corrected chi connectivity index (χ0v) is 35.1. The Morgan fingerprint density at radius 3 is 1.61 bits per heavy atom. The maximum Gasteiger partial charge on any atom is 0.472 e. The van der Waals surface area contributed by atoms with Crippen molar-refractivity contribution < 1.29 is 43.0 Å². The number of hydrogen-bond donors (Lipinski definition) is 3. The summed E-state index contributed by atoms with van der Waals surface area (Å²) in [5, 5.41) is 18.3. The maximum absolute atomic E-state index is 12.6. The van der Waals surface area contributed by atoms with Gasteiger partial charge in [0.1, 0.15) is 12.2 Å². The molecule has 0 bridgehead atoms. The van der Waals surface area contributed by atoms with Gasteiger partial charge in [0.15, 0.2) is 0 Å². The van der Waals surface area contributed by atoms with Crippen LogP contribution in [0.3, 0.4) is 0 Å². The predicted octanol–water partition coefficient (Wildman–Crippen LogP) is 11.6. The lowest BCUT2D eigenvalue weighted by Crippen LogP contribution is -2.29. The molecular weight excluding hydrogens is 703 g/mol. The van der Waals surface area contributed by atoms with Gasteiger partial charge in [-0.25, -0.2) is 4.57 Å². The molecule has 3 N–H and O–H groups in total. The maximum atomic E-state index is 12.6. The van der Waals surface area contributed by atoms with Gasteiger partial charge in [0.25, 0.3) is 0 Å². The van der Waals surface area contributed by atoms with E-state index >= 15 is 0 Å². The number of aliphatic hydroxyl groups excluding tert-OH is 2. The second-order valence-corrected chi connectivity index (χ2v) is 15.4. The molecule has 10 heteroatoms. The Morgan fingerprint density at radius 1 is 0.593 bits per heavy atom. The van der Waals surface area contributed by atoms with Crippen molar-refractivity contribution in [1.29, 1.82) is 0 Å². The number of ether oxygens (including phenoxy) is 2. The molecule has 0 aliphatic rings. The highest BCUT2D eigenvalue weighted by molar-refractivity contribution is 7.47. The summed E-state index contributed by atoms with van der Waals surface area (Å²) in [6.07, 6.45) is 46.0. The Labute approximate surface area is 330 Å². The molecule has 3 unspecified atom stereocenters. The van der Waals surface area contributed by atoms with Crippen molar-refractivity contribution in [2.45, 2.75) is 180 Å². The highest BCUT2D eigenvalue weighted by atomic mass is 31.2. The third-order valence-corrected chi connectivity index (χ3v) is 9.64. The largest absolute Gasteiger partial charge is 0.472 e. The average Bonchev–Trinajstić information content (AvgIpc) is 3.16. The van der Waals surface area contributed by atoms with Crippen LogP contribution in [-0.2, 0) is 27.9 Å². The van der Waals surface area contributed by atoms with E-state index in [9.17, 15) is 19.4 Å². The number of phosphoric acid groups is 1. The van der Waals surface area contributed by atoms with E-state index in [1.165, 1.54) is 44.9 Å². The van der Waals surface area contributed by atoms with Gasteiger partial charge < -0.3 is 24.6 Å². The molecule has 0 rings (SSSR count). The fourth-order valence-electron chi connectivity index (χ4n) is 5.46. The summed E-state index contributed by atoms with van der Waals surface area (Å²) < 4.78 is 33.3. The van der Waals surface area contributed by atoms with Crippen LogP contribution in [-0.4, -0.2) is 66.3 Å². The van der Waals surface area contributed by atoms with Crippen molar-refractivity contribution in [3.63, 3.8) is 0 Å². The van der Waals surface area contributed by atoms with E-state index in [0.717, 1.165) is 96.3 Å².